The van der Waals surface area contributed by atoms with E-state index in [0.29, 0.717) is 51.5 Å². The first-order valence-corrected chi connectivity index (χ1v) is 19.8. The number of ether oxygens (including phenoxy) is 3. The van der Waals surface area contributed by atoms with Gasteiger partial charge in [0.1, 0.15) is 41.7 Å². The number of aliphatic carboxylic acids is 1. The Morgan fingerprint density at radius 2 is 1.28 bits per heavy atom. The van der Waals surface area contributed by atoms with E-state index in [-0.39, 0.29) is 29.8 Å². The third-order valence-corrected chi connectivity index (χ3v) is 9.67. The van der Waals surface area contributed by atoms with Crippen molar-refractivity contribution in [3.63, 3.8) is 0 Å². The van der Waals surface area contributed by atoms with Crippen LogP contribution in [-0.2, 0) is 39.8 Å². The van der Waals surface area contributed by atoms with E-state index in [1.54, 1.807) is 12.1 Å². The van der Waals surface area contributed by atoms with Crippen LogP contribution in [0.5, 0.6) is 5.75 Å². The lowest BCUT2D eigenvalue weighted by molar-refractivity contribution is -0.294. The third-order valence-electron chi connectivity index (χ3n) is 9.67. The maximum atomic E-state index is 12.4. The van der Waals surface area contributed by atoms with Crippen LogP contribution in [0.4, 0.5) is 0 Å². The Balaban J connectivity index is 1.35. The highest BCUT2D eigenvalue weighted by Crippen LogP contribution is 2.23. The average Bonchev–Trinajstić information content (AvgIpc) is 3.15. The first-order valence-electron chi connectivity index (χ1n) is 19.8. The summed E-state index contributed by atoms with van der Waals surface area (Å²) in [5.41, 5.74) is 1.03. The Hall–Kier alpha value is -3.20. The van der Waals surface area contributed by atoms with Crippen molar-refractivity contribution in [2.24, 2.45) is 0 Å². The largest absolute Gasteiger partial charge is 0.508 e. The summed E-state index contributed by atoms with van der Waals surface area (Å²) >= 11 is 0. The number of carbonyl (C=O) groups excluding carboxylic acids is 3. The lowest BCUT2D eigenvalue weighted by Gasteiger charge is -2.38. The Bertz CT molecular complexity index is 1240. The van der Waals surface area contributed by atoms with Crippen LogP contribution in [0.1, 0.15) is 128 Å². The summed E-state index contributed by atoms with van der Waals surface area (Å²) in [5.74, 6) is -0.828. The molecule has 1 aliphatic heterocycles. The molecule has 6 atom stereocenters. The number of aliphatic hydroxyl groups excluding tert-OH is 3. The van der Waals surface area contributed by atoms with Crippen molar-refractivity contribution in [1.29, 1.82) is 0 Å². The molecule has 0 aromatic heterocycles. The fraction of sp³-hybridized carbons (Fsp3) is 0.707. The predicted molar refractivity (Wildman–Crippen MR) is 203 cm³/mol. The number of unbranched alkanes of at least 4 members (excludes halogenated alkanes) is 10. The molecule has 6 unspecified atom stereocenters. The molecule has 1 fully saturated rings. The van der Waals surface area contributed by atoms with Crippen LogP contribution >= 0.6 is 0 Å². The molecule has 1 amide bonds. The van der Waals surface area contributed by atoms with Crippen molar-refractivity contribution in [1.82, 2.24) is 5.32 Å². The number of amides is 1. The van der Waals surface area contributed by atoms with Crippen LogP contribution in [0.2, 0.25) is 0 Å². The maximum absolute atomic E-state index is 12.4. The van der Waals surface area contributed by atoms with Crippen molar-refractivity contribution in [3.8, 4) is 5.75 Å². The van der Waals surface area contributed by atoms with Crippen molar-refractivity contribution >= 4 is 23.4 Å². The Morgan fingerprint density at radius 1 is 0.741 bits per heavy atom. The zero-order chi connectivity index (χ0) is 39.6. The minimum Gasteiger partial charge on any atom is -0.508 e. The van der Waals surface area contributed by atoms with E-state index in [2.05, 4.69) is 17.5 Å². The van der Waals surface area contributed by atoms with E-state index in [4.69, 9.17) is 19.3 Å². The van der Waals surface area contributed by atoms with Crippen molar-refractivity contribution in [2.75, 3.05) is 20.3 Å². The van der Waals surface area contributed by atoms with E-state index < -0.39 is 42.8 Å². The van der Waals surface area contributed by atoms with Gasteiger partial charge >= 0.3 is 5.97 Å². The number of aliphatic hydroxyl groups is 3. The van der Waals surface area contributed by atoms with E-state index >= 15 is 0 Å². The van der Waals surface area contributed by atoms with E-state index in [9.17, 15) is 39.6 Å². The van der Waals surface area contributed by atoms with Crippen molar-refractivity contribution < 1.29 is 58.9 Å². The van der Waals surface area contributed by atoms with Crippen LogP contribution in [0, 0.1) is 0 Å². The van der Waals surface area contributed by atoms with Gasteiger partial charge in [-0.25, -0.2) is 4.79 Å². The first-order chi connectivity index (χ1) is 26.0. The number of carboxylic acid groups (broad SMARTS) is 1. The number of allylic oxidation sites excluding steroid dienone is 2. The number of ketones is 2. The number of phenols is 1. The standard InChI is InChI=1S/C41H65NO12/c1-52-34(39(49)42-28-27-30-23-25-33(45)26-24-30)22-14-10-6-5-9-13-19-32(44)21-16-15-20-31(43)18-12-8-4-2-3-7-11-17-29-53-41-37(48)35(46)36(47)38(54-41)40(50)51/h6,10,23-26,34-38,41,45-48H,2-5,7-9,11-22,27-29H2,1H3,(H,42,49)(H,50,51). The van der Waals surface area contributed by atoms with E-state index in [1.165, 1.54) is 7.11 Å². The molecule has 1 aromatic carbocycles. The number of hydrogen-bond donors (Lipinski definition) is 6. The number of carboxylic acids is 1. The van der Waals surface area contributed by atoms with Gasteiger partial charge in [0.05, 0.1) is 0 Å². The average molecular weight is 764 g/mol. The van der Waals surface area contributed by atoms with Gasteiger partial charge in [-0.3, -0.25) is 14.4 Å². The quantitative estimate of drug-likeness (QED) is 0.0432. The lowest BCUT2D eigenvalue weighted by atomic mass is 9.99. The number of benzene rings is 1. The highest BCUT2D eigenvalue weighted by atomic mass is 16.7. The zero-order valence-electron chi connectivity index (χ0n) is 32.1. The number of phenolic OH excluding ortho intramolecular Hbond substituents is 1. The number of nitrogens with one attached hydrogen (secondary N) is 1. The Labute approximate surface area is 320 Å². The molecule has 1 aromatic rings. The summed E-state index contributed by atoms with van der Waals surface area (Å²) in [6.45, 7) is 0.735. The normalized spacial score (nSPS) is 20.6. The molecule has 0 radical (unpaired) electrons. The summed E-state index contributed by atoms with van der Waals surface area (Å²) in [7, 11) is 1.54. The molecule has 0 bridgehead atoms. The summed E-state index contributed by atoms with van der Waals surface area (Å²) < 4.78 is 15.9. The Kier molecular flexibility index (Phi) is 24.6. The van der Waals surface area contributed by atoms with Crippen LogP contribution in [0.15, 0.2) is 36.4 Å². The molecule has 13 heteroatoms. The van der Waals surface area contributed by atoms with Gasteiger partial charge in [-0.2, -0.15) is 0 Å². The highest BCUT2D eigenvalue weighted by molar-refractivity contribution is 5.81. The lowest BCUT2D eigenvalue weighted by Crippen LogP contribution is -2.60. The molecule has 54 heavy (non-hydrogen) atoms. The molecule has 1 aliphatic rings. The van der Waals surface area contributed by atoms with Gasteiger partial charge in [-0.15, -0.1) is 0 Å². The van der Waals surface area contributed by atoms with Crippen LogP contribution in [0.3, 0.4) is 0 Å². The smallest absolute Gasteiger partial charge is 0.335 e. The SMILES string of the molecule is COC(CCC=CCCCCC(=O)CCCCC(=O)CCCCCCCCCCOC1OC(C(=O)O)C(O)C(O)C1O)C(=O)NCCc1ccc(O)cc1. The highest BCUT2D eigenvalue weighted by Gasteiger charge is 2.47. The molecule has 0 spiro atoms. The first kappa shape index (κ1) is 47.0. The number of carbonyl (C=O) groups is 4. The number of aromatic hydroxyl groups is 1. The van der Waals surface area contributed by atoms with Crippen LogP contribution in [-0.4, -0.2) is 106 Å². The topological polar surface area (TPSA) is 209 Å². The molecule has 1 saturated heterocycles. The molecule has 1 heterocycles. The van der Waals surface area contributed by atoms with Crippen molar-refractivity contribution in [2.45, 2.75) is 165 Å². The summed E-state index contributed by atoms with van der Waals surface area (Å²) in [6, 6.07) is 6.92. The van der Waals surface area contributed by atoms with E-state index in [0.717, 1.165) is 89.0 Å². The summed E-state index contributed by atoms with van der Waals surface area (Å²) in [6.07, 6.45) is 11.8. The number of methoxy groups -OCH3 is 1. The molecular formula is C41H65NO12. The van der Waals surface area contributed by atoms with Gasteiger partial charge in [0, 0.05) is 45.9 Å². The van der Waals surface area contributed by atoms with Crippen molar-refractivity contribution in [3.05, 3.63) is 42.0 Å². The number of hydrogen-bond acceptors (Lipinski definition) is 11. The minimum atomic E-state index is -1.73. The van der Waals surface area contributed by atoms with Gasteiger partial charge < -0.3 is 45.1 Å². The summed E-state index contributed by atoms with van der Waals surface area (Å²) in [4.78, 5) is 48.1. The fourth-order valence-corrected chi connectivity index (χ4v) is 6.30. The maximum Gasteiger partial charge on any atom is 0.335 e. The van der Waals surface area contributed by atoms with Gasteiger partial charge in [0.15, 0.2) is 12.4 Å². The number of rotatable bonds is 31. The molecule has 2 rings (SSSR count). The van der Waals surface area contributed by atoms with Gasteiger partial charge in [0.2, 0.25) is 5.91 Å². The molecule has 0 saturated carbocycles. The number of Topliss-reactive ketones (excluding diaryl/α,β-unsaturated/α-hetero) is 2. The van der Waals surface area contributed by atoms with E-state index in [1.807, 2.05) is 12.1 Å². The molecule has 6 N–H and O–H groups in total. The fourth-order valence-electron chi connectivity index (χ4n) is 6.30. The molecule has 306 valence electrons. The summed E-state index contributed by atoms with van der Waals surface area (Å²) in [5, 5.41) is 50.9. The molecular weight excluding hydrogens is 698 g/mol. The second kappa shape index (κ2) is 28.2. The predicted octanol–water partition coefficient (Wildman–Crippen LogP) is 5.08. The third kappa shape index (κ3) is 19.9. The molecule has 13 nitrogen and oxygen atoms in total. The Morgan fingerprint density at radius 3 is 1.87 bits per heavy atom. The molecule has 0 aliphatic carbocycles. The van der Waals surface area contributed by atoms with Gasteiger partial charge in [0.25, 0.3) is 0 Å². The minimum absolute atomic E-state index is 0.131. The second-order valence-corrected chi connectivity index (χ2v) is 14.2. The second-order valence-electron chi connectivity index (χ2n) is 14.2. The zero-order valence-corrected chi connectivity index (χ0v) is 32.1. The van der Waals surface area contributed by atoms with Crippen LogP contribution in [0.25, 0.3) is 0 Å². The van der Waals surface area contributed by atoms with Crippen LogP contribution < -0.4 is 5.32 Å². The van der Waals surface area contributed by atoms with Gasteiger partial charge in [-0.05, 0) is 81.9 Å². The van der Waals surface area contributed by atoms with Gasteiger partial charge in [-0.1, -0.05) is 62.8 Å². The monoisotopic (exact) mass is 763 g/mol.